The SMILES string of the molecule is Cc1cc(C(N)=O)cnc1N1CCN(c2cc(-c3ccccc3)nc(N3CCCC3C)n2)C(C)C1. The molecule has 2 N–H and O–H groups in total. The largest absolute Gasteiger partial charge is 0.366 e. The van der Waals surface area contributed by atoms with Gasteiger partial charge in [0.15, 0.2) is 0 Å². The van der Waals surface area contributed by atoms with Crippen molar-refractivity contribution in [2.45, 2.75) is 45.7 Å². The summed E-state index contributed by atoms with van der Waals surface area (Å²) in [4.78, 5) is 33.1. The van der Waals surface area contributed by atoms with Crippen LogP contribution in [0, 0.1) is 6.92 Å². The molecule has 0 radical (unpaired) electrons. The van der Waals surface area contributed by atoms with Crippen molar-refractivity contribution >= 4 is 23.5 Å². The predicted octanol–water partition coefficient (Wildman–Crippen LogP) is 3.65. The average Bonchev–Trinajstić information content (AvgIpc) is 3.30. The van der Waals surface area contributed by atoms with E-state index >= 15 is 0 Å². The highest BCUT2D eigenvalue weighted by Gasteiger charge is 2.29. The molecule has 3 aromatic rings. The van der Waals surface area contributed by atoms with Crippen LogP contribution in [0.3, 0.4) is 0 Å². The van der Waals surface area contributed by atoms with Gasteiger partial charge >= 0.3 is 0 Å². The summed E-state index contributed by atoms with van der Waals surface area (Å²) in [6.07, 6.45) is 3.91. The number of primary amides is 1. The van der Waals surface area contributed by atoms with E-state index in [0.717, 1.165) is 60.6 Å². The molecule has 8 heteroatoms. The van der Waals surface area contributed by atoms with Crippen molar-refractivity contribution in [3.05, 3.63) is 59.8 Å². The number of carbonyl (C=O) groups excluding carboxylic acids is 1. The van der Waals surface area contributed by atoms with Crippen LogP contribution in [0.1, 0.15) is 42.6 Å². The van der Waals surface area contributed by atoms with Crippen LogP contribution in [0.15, 0.2) is 48.7 Å². The molecule has 2 fully saturated rings. The Kier molecular flexibility index (Phi) is 6.28. The van der Waals surface area contributed by atoms with Gasteiger partial charge in [0.25, 0.3) is 0 Å². The zero-order valence-electron chi connectivity index (χ0n) is 20.7. The molecule has 2 aliphatic heterocycles. The van der Waals surface area contributed by atoms with E-state index in [1.165, 1.54) is 12.8 Å². The summed E-state index contributed by atoms with van der Waals surface area (Å²) in [5.74, 6) is 2.24. The van der Waals surface area contributed by atoms with Crippen molar-refractivity contribution in [2.24, 2.45) is 5.73 Å². The second-order valence-electron chi connectivity index (χ2n) is 9.68. The Hall–Kier alpha value is -3.68. The minimum atomic E-state index is -0.452. The Labute approximate surface area is 206 Å². The lowest BCUT2D eigenvalue weighted by molar-refractivity contribution is 0.1000. The number of aromatic nitrogens is 3. The lowest BCUT2D eigenvalue weighted by Gasteiger charge is -2.41. The maximum Gasteiger partial charge on any atom is 0.250 e. The second-order valence-corrected chi connectivity index (χ2v) is 9.68. The van der Waals surface area contributed by atoms with Crippen molar-refractivity contribution in [2.75, 3.05) is 40.9 Å². The quantitative estimate of drug-likeness (QED) is 0.607. The first-order chi connectivity index (χ1) is 16.9. The van der Waals surface area contributed by atoms with Gasteiger partial charge in [-0.1, -0.05) is 30.3 Å². The molecule has 2 saturated heterocycles. The van der Waals surface area contributed by atoms with Gasteiger partial charge in [0.1, 0.15) is 11.6 Å². The van der Waals surface area contributed by atoms with Crippen molar-refractivity contribution in [3.63, 3.8) is 0 Å². The Morgan fingerprint density at radius 3 is 2.46 bits per heavy atom. The molecule has 1 aromatic carbocycles. The number of hydrogen-bond acceptors (Lipinski definition) is 7. The van der Waals surface area contributed by atoms with Crippen molar-refractivity contribution in [3.8, 4) is 11.3 Å². The Morgan fingerprint density at radius 1 is 1.00 bits per heavy atom. The number of benzene rings is 1. The number of rotatable bonds is 5. The average molecular weight is 472 g/mol. The van der Waals surface area contributed by atoms with Crippen LogP contribution >= 0.6 is 0 Å². The number of amides is 1. The molecule has 4 heterocycles. The lowest BCUT2D eigenvalue weighted by atomic mass is 10.1. The topological polar surface area (TPSA) is 91.5 Å². The fraction of sp³-hybridized carbons (Fsp3) is 0.407. The van der Waals surface area contributed by atoms with Gasteiger partial charge in [-0.25, -0.2) is 9.97 Å². The number of pyridine rings is 1. The molecule has 35 heavy (non-hydrogen) atoms. The number of nitrogens with two attached hydrogens (primary N) is 1. The molecule has 2 aromatic heterocycles. The van der Waals surface area contributed by atoms with Crippen molar-refractivity contribution in [1.29, 1.82) is 0 Å². The molecule has 0 spiro atoms. The smallest absolute Gasteiger partial charge is 0.250 e. The van der Waals surface area contributed by atoms with E-state index in [1.807, 2.05) is 19.1 Å². The van der Waals surface area contributed by atoms with Crippen LogP contribution in [-0.4, -0.2) is 59.1 Å². The molecule has 5 rings (SSSR count). The highest BCUT2D eigenvalue weighted by Crippen LogP contribution is 2.31. The summed E-state index contributed by atoms with van der Waals surface area (Å²) in [5, 5.41) is 0. The number of nitrogens with zero attached hydrogens (tertiary/aromatic N) is 6. The minimum absolute atomic E-state index is 0.225. The van der Waals surface area contributed by atoms with E-state index in [9.17, 15) is 4.79 Å². The predicted molar refractivity (Wildman–Crippen MR) is 140 cm³/mol. The summed E-state index contributed by atoms with van der Waals surface area (Å²) in [6, 6.07) is 15.0. The van der Waals surface area contributed by atoms with Gasteiger partial charge in [-0.2, -0.15) is 4.98 Å². The second kappa shape index (κ2) is 9.52. The molecule has 0 bridgehead atoms. The van der Waals surface area contributed by atoms with Gasteiger partial charge in [-0.05, 0) is 45.2 Å². The first-order valence-electron chi connectivity index (χ1n) is 12.4. The van der Waals surface area contributed by atoms with Crippen molar-refractivity contribution in [1.82, 2.24) is 15.0 Å². The van der Waals surface area contributed by atoms with E-state index < -0.39 is 5.91 Å². The number of piperazine rings is 1. The first-order valence-corrected chi connectivity index (χ1v) is 12.4. The molecule has 1 amide bonds. The molecular weight excluding hydrogens is 438 g/mol. The van der Waals surface area contributed by atoms with Crippen LogP contribution in [-0.2, 0) is 0 Å². The van der Waals surface area contributed by atoms with Crippen molar-refractivity contribution < 1.29 is 4.79 Å². The number of carbonyl (C=O) groups is 1. The van der Waals surface area contributed by atoms with Gasteiger partial charge < -0.3 is 20.4 Å². The molecular formula is C27H33N7O. The fourth-order valence-corrected chi connectivity index (χ4v) is 5.21. The molecule has 0 saturated carbocycles. The Morgan fingerprint density at radius 2 is 1.80 bits per heavy atom. The van der Waals surface area contributed by atoms with Crippen LogP contribution < -0.4 is 20.4 Å². The van der Waals surface area contributed by atoms with E-state index in [4.69, 9.17) is 15.7 Å². The third-order valence-electron chi connectivity index (χ3n) is 7.14. The number of hydrogen-bond donors (Lipinski definition) is 1. The molecule has 2 atom stereocenters. The van der Waals surface area contributed by atoms with Gasteiger partial charge in [-0.15, -0.1) is 0 Å². The summed E-state index contributed by atoms with van der Waals surface area (Å²) in [6.45, 7) is 9.89. The van der Waals surface area contributed by atoms with Crippen LogP contribution in [0.5, 0.6) is 0 Å². The summed E-state index contributed by atoms with van der Waals surface area (Å²) in [7, 11) is 0. The highest BCUT2D eigenvalue weighted by atomic mass is 16.1. The third kappa shape index (κ3) is 4.65. The standard InChI is InChI=1S/C27H33N7O/c1-18-14-22(25(28)35)16-29-26(18)32-12-13-33(20(3)17-32)24-15-23(21-9-5-4-6-10-21)30-27(31-24)34-11-7-8-19(34)2/h4-6,9-10,14-16,19-20H,7-8,11-13,17H2,1-3H3,(H2,28,35). The van der Waals surface area contributed by atoms with E-state index in [1.54, 1.807) is 6.20 Å². The van der Waals surface area contributed by atoms with E-state index in [2.05, 4.69) is 63.9 Å². The Bertz CT molecular complexity index is 1220. The highest BCUT2D eigenvalue weighted by molar-refractivity contribution is 5.93. The van der Waals surface area contributed by atoms with E-state index in [0.29, 0.717) is 11.6 Å². The fourth-order valence-electron chi connectivity index (χ4n) is 5.21. The van der Waals surface area contributed by atoms with Gasteiger partial charge in [0.2, 0.25) is 11.9 Å². The first kappa shape index (κ1) is 23.1. The molecule has 0 aliphatic carbocycles. The lowest BCUT2D eigenvalue weighted by Crippen LogP contribution is -2.53. The zero-order chi connectivity index (χ0) is 24.5. The minimum Gasteiger partial charge on any atom is -0.366 e. The molecule has 8 nitrogen and oxygen atoms in total. The maximum absolute atomic E-state index is 11.5. The van der Waals surface area contributed by atoms with Crippen LogP contribution in [0.2, 0.25) is 0 Å². The Balaban J connectivity index is 1.43. The van der Waals surface area contributed by atoms with Gasteiger partial charge in [0, 0.05) is 56.1 Å². The summed E-state index contributed by atoms with van der Waals surface area (Å²) >= 11 is 0. The number of aryl methyl sites for hydroxylation is 1. The monoisotopic (exact) mass is 471 g/mol. The molecule has 2 aliphatic rings. The summed E-state index contributed by atoms with van der Waals surface area (Å²) in [5.41, 5.74) is 8.88. The normalized spacial score (nSPS) is 20.4. The number of anilines is 3. The molecule has 2 unspecified atom stereocenters. The summed E-state index contributed by atoms with van der Waals surface area (Å²) < 4.78 is 0. The van der Waals surface area contributed by atoms with Gasteiger partial charge in [0.05, 0.1) is 11.3 Å². The molecule has 182 valence electrons. The van der Waals surface area contributed by atoms with Gasteiger partial charge in [-0.3, -0.25) is 4.79 Å². The van der Waals surface area contributed by atoms with E-state index in [-0.39, 0.29) is 6.04 Å². The third-order valence-corrected chi connectivity index (χ3v) is 7.14. The van der Waals surface area contributed by atoms with Crippen LogP contribution in [0.4, 0.5) is 17.6 Å². The van der Waals surface area contributed by atoms with Crippen LogP contribution in [0.25, 0.3) is 11.3 Å². The zero-order valence-corrected chi connectivity index (χ0v) is 20.7. The maximum atomic E-state index is 11.5.